The molecular weight excluding hydrogens is 247 g/mol. The second-order valence-corrected chi connectivity index (χ2v) is 3.43. The minimum absolute atomic E-state index is 0.00889. The molecule has 94 valence electrons. The summed E-state index contributed by atoms with van der Waals surface area (Å²) in [6, 6.07) is 4.39. The first kappa shape index (κ1) is 12.2. The Morgan fingerprint density at radius 2 is 1.78 bits per heavy atom. The van der Waals surface area contributed by atoms with Crippen molar-refractivity contribution in [3.05, 3.63) is 42.2 Å². The maximum absolute atomic E-state index is 12.5. The molecule has 18 heavy (non-hydrogen) atoms. The van der Waals surface area contributed by atoms with Crippen LogP contribution >= 0.6 is 0 Å². The van der Waals surface area contributed by atoms with Gasteiger partial charge in [0, 0.05) is 0 Å². The van der Waals surface area contributed by atoms with Crippen LogP contribution in [0.4, 0.5) is 18.9 Å². The van der Waals surface area contributed by atoms with Gasteiger partial charge in [-0.25, -0.2) is 9.97 Å². The summed E-state index contributed by atoms with van der Waals surface area (Å²) in [4.78, 5) is 7.45. The van der Waals surface area contributed by atoms with Crippen LogP contribution in [0.5, 0.6) is 11.8 Å². The summed E-state index contributed by atoms with van der Waals surface area (Å²) in [5.41, 5.74) is 4.92. The van der Waals surface area contributed by atoms with Gasteiger partial charge in [0.25, 0.3) is 0 Å². The SMILES string of the molecule is Nc1cnc(Oc2cccc(C(F)(F)F)c2)nc1. The van der Waals surface area contributed by atoms with Crippen LogP contribution in [0.2, 0.25) is 0 Å². The maximum atomic E-state index is 12.5. The highest BCUT2D eigenvalue weighted by molar-refractivity contribution is 5.34. The molecule has 0 unspecified atom stereocenters. The van der Waals surface area contributed by atoms with E-state index in [0.29, 0.717) is 5.69 Å². The summed E-state index contributed by atoms with van der Waals surface area (Å²) >= 11 is 0. The lowest BCUT2D eigenvalue weighted by Gasteiger charge is -2.08. The predicted octanol–water partition coefficient (Wildman–Crippen LogP) is 2.87. The van der Waals surface area contributed by atoms with Gasteiger partial charge in [-0.05, 0) is 18.2 Å². The monoisotopic (exact) mass is 255 g/mol. The highest BCUT2D eigenvalue weighted by Gasteiger charge is 2.30. The lowest BCUT2D eigenvalue weighted by molar-refractivity contribution is -0.137. The topological polar surface area (TPSA) is 61.0 Å². The predicted molar refractivity (Wildman–Crippen MR) is 58.0 cm³/mol. The Balaban J connectivity index is 2.22. The Morgan fingerprint density at radius 3 is 2.39 bits per heavy atom. The quantitative estimate of drug-likeness (QED) is 0.896. The average molecular weight is 255 g/mol. The average Bonchev–Trinajstić information content (AvgIpc) is 2.31. The van der Waals surface area contributed by atoms with E-state index in [0.717, 1.165) is 12.1 Å². The van der Waals surface area contributed by atoms with Gasteiger partial charge in [-0.1, -0.05) is 6.07 Å². The molecule has 1 aromatic heterocycles. The molecular formula is C11H8F3N3O. The van der Waals surface area contributed by atoms with Crippen LogP contribution in [0, 0.1) is 0 Å². The molecule has 0 aliphatic heterocycles. The standard InChI is InChI=1S/C11H8F3N3O/c12-11(13,14)7-2-1-3-9(4-7)18-10-16-5-8(15)6-17-10/h1-6H,15H2. The number of nitrogens with zero attached hydrogens (tertiary/aromatic N) is 2. The van der Waals surface area contributed by atoms with Crippen LogP contribution in [-0.2, 0) is 6.18 Å². The molecule has 2 rings (SSSR count). The Hall–Kier alpha value is -2.31. The van der Waals surface area contributed by atoms with Crippen molar-refractivity contribution in [2.45, 2.75) is 6.18 Å². The lowest BCUT2D eigenvalue weighted by atomic mass is 10.2. The van der Waals surface area contributed by atoms with E-state index in [9.17, 15) is 13.2 Å². The van der Waals surface area contributed by atoms with E-state index in [2.05, 4.69) is 9.97 Å². The molecule has 0 fully saturated rings. The van der Waals surface area contributed by atoms with Crippen LogP contribution in [0.1, 0.15) is 5.56 Å². The van der Waals surface area contributed by atoms with E-state index in [1.54, 1.807) is 0 Å². The summed E-state index contributed by atoms with van der Waals surface area (Å²) in [7, 11) is 0. The Bertz CT molecular complexity index is 540. The third-order valence-electron chi connectivity index (χ3n) is 2.02. The van der Waals surface area contributed by atoms with Crippen LogP contribution in [0.25, 0.3) is 0 Å². The molecule has 0 bridgehead atoms. The van der Waals surface area contributed by atoms with Crippen molar-refractivity contribution in [2.24, 2.45) is 0 Å². The van der Waals surface area contributed by atoms with Gasteiger partial charge >= 0.3 is 12.2 Å². The molecule has 2 N–H and O–H groups in total. The number of benzene rings is 1. The first-order valence-corrected chi connectivity index (χ1v) is 4.88. The highest BCUT2D eigenvalue weighted by Crippen LogP contribution is 2.32. The van der Waals surface area contributed by atoms with Crippen LogP contribution < -0.4 is 10.5 Å². The zero-order valence-electron chi connectivity index (χ0n) is 8.98. The molecule has 4 nitrogen and oxygen atoms in total. The third-order valence-corrected chi connectivity index (χ3v) is 2.02. The molecule has 0 aliphatic carbocycles. The number of nitrogen functional groups attached to an aromatic ring is 1. The summed E-state index contributed by atoms with van der Waals surface area (Å²) in [5, 5.41) is 0. The van der Waals surface area contributed by atoms with Gasteiger partial charge < -0.3 is 10.5 Å². The molecule has 0 saturated carbocycles. The van der Waals surface area contributed by atoms with Crippen LogP contribution in [0.15, 0.2) is 36.7 Å². The zero-order valence-corrected chi connectivity index (χ0v) is 8.98. The maximum Gasteiger partial charge on any atom is 0.416 e. The number of hydrogen-bond donors (Lipinski definition) is 1. The van der Waals surface area contributed by atoms with Crippen molar-refractivity contribution >= 4 is 5.69 Å². The Labute approximate surface area is 100 Å². The fraction of sp³-hybridized carbons (Fsp3) is 0.0909. The van der Waals surface area contributed by atoms with Gasteiger partial charge in [-0.3, -0.25) is 0 Å². The number of rotatable bonds is 2. The van der Waals surface area contributed by atoms with Gasteiger partial charge in [-0.15, -0.1) is 0 Å². The molecule has 7 heteroatoms. The molecule has 0 saturated heterocycles. The first-order valence-electron chi connectivity index (χ1n) is 4.88. The number of ether oxygens (including phenoxy) is 1. The van der Waals surface area contributed by atoms with Crippen molar-refractivity contribution in [2.75, 3.05) is 5.73 Å². The molecule has 0 radical (unpaired) electrons. The fourth-order valence-electron chi connectivity index (χ4n) is 1.22. The molecule has 0 amide bonds. The normalized spacial score (nSPS) is 11.3. The number of halogens is 3. The molecule has 0 aliphatic rings. The van der Waals surface area contributed by atoms with Crippen molar-refractivity contribution in [1.82, 2.24) is 9.97 Å². The van der Waals surface area contributed by atoms with Gasteiger partial charge in [-0.2, -0.15) is 13.2 Å². The summed E-state index contributed by atoms with van der Waals surface area (Å²) < 4.78 is 42.5. The van der Waals surface area contributed by atoms with Crippen molar-refractivity contribution in [1.29, 1.82) is 0 Å². The second kappa shape index (κ2) is 4.52. The van der Waals surface area contributed by atoms with Gasteiger partial charge in [0.05, 0.1) is 23.6 Å². The van der Waals surface area contributed by atoms with Crippen LogP contribution in [-0.4, -0.2) is 9.97 Å². The molecule has 0 spiro atoms. The van der Waals surface area contributed by atoms with Crippen LogP contribution in [0.3, 0.4) is 0 Å². The van der Waals surface area contributed by atoms with Crippen molar-refractivity contribution in [3.8, 4) is 11.8 Å². The number of alkyl halides is 3. The number of aromatic nitrogens is 2. The minimum Gasteiger partial charge on any atom is -0.424 e. The third kappa shape index (κ3) is 2.88. The second-order valence-electron chi connectivity index (χ2n) is 3.43. The minimum atomic E-state index is -4.42. The summed E-state index contributed by atoms with van der Waals surface area (Å²) in [6.45, 7) is 0. The van der Waals surface area contributed by atoms with E-state index >= 15 is 0 Å². The van der Waals surface area contributed by atoms with Gasteiger partial charge in [0.2, 0.25) is 0 Å². The lowest BCUT2D eigenvalue weighted by Crippen LogP contribution is -2.04. The number of nitrogens with two attached hydrogens (primary N) is 1. The van der Waals surface area contributed by atoms with E-state index in [4.69, 9.17) is 10.5 Å². The fourth-order valence-corrected chi connectivity index (χ4v) is 1.22. The van der Waals surface area contributed by atoms with Crippen molar-refractivity contribution < 1.29 is 17.9 Å². The molecule has 0 atom stereocenters. The van der Waals surface area contributed by atoms with E-state index < -0.39 is 11.7 Å². The number of hydrogen-bond acceptors (Lipinski definition) is 4. The van der Waals surface area contributed by atoms with E-state index in [1.807, 2.05) is 0 Å². The largest absolute Gasteiger partial charge is 0.424 e. The van der Waals surface area contributed by atoms with Crippen molar-refractivity contribution in [3.63, 3.8) is 0 Å². The summed E-state index contributed by atoms with van der Waals surface area (Å²) in [6.07, 6.45) is -1.81. The van der Waals surface area contributed by atoms with Gasteiger partial charge in [0.1, 0.15) is 5.75 Å². The molecule has 1 aromatic carbocycles. The summed E-state index contributed by atoms with van der Waals surface area (Å²) in [5.74, 6) is 0.00889. The first-order chi connectivity index (χ1) is 8.45. The number of anilines is 1. The highest BCUT2D eigenvalue weighted by atomic mass is 19.4. The smallest absolute Gasteiger partial charge is 0.416 e. The zero-order chi connectivity index (χ0) is 13.2. The van der Waals surface area contributed by atoms with Gasteiger partial charge in [0.15, 0.2) is 0 Å². The van der Waals surface area contributed by atoms with E-state index in [-0.39, 0.29) is 11.8 Å². The van der Waals surface area contributed by atoms with E-state index in [1.165, 1.54) is 24.5 Å². The Morgan fingerprint density at radius 1 is 1.11 bits per heavy atom. The molecule has 2 aromatic rings. The molecule has 1 heterocycles. The Kier molecular flexibility index (Phi) is 3.05.